The first-order valence-electron chi connectivity index (χ1n) is 8.71. The van der Waals surface area contributed by atoms with E-state index in [4.69, 9.17) is 4.74 Å². The van der Waals surface area contributed by atoms with Gasteiger partial charge in [-0.05, 0) is 5.56 Å². The van der Waals surface area contributed by atoms with Gasteiger partial charge in [-0.2, -0.15) is 0 Å². The van der Waals surface area contributed by atoms with Crippen molar-refractivity contribution in [3.8, 4) is 0 Å². The fourth-order valence-corrected chi connectivity index (χ4v) is 2.91. The molecule has 1 aliphatic rings. The molecule has 2 aromatic rings. The molecule has 0 aliphatic carbocycles. The van der Waals surface area contributed by atoms with Gasteiger partial charge in [0.25, 0.3) is 0 Å². The molecule has 1 atom stereocenters. The summed E-state index contributed by atoms with van der Waals surface area (Å²) in [7, 11) is 0. The lowest BCUT2D eigenvalue weighted by atomic mass is 10.1. The molecular formula is C19H24N4O2. The van der Waals surface area contributed by atoms with E-state index in [1.54, 1.807) is 12.4 Å². The molecule has 6 heteroatoms. The molecule has 0 saturated carbocycles. The maximum absolute atomic E-state index is 12.2. The molecule has 1 aliphatic heterocycles. The number of aryl methyl sites for hydroxylation is 1. The summed E-state index contributed by atoms with van der Waals surface area (Å²) in [6, 6.07) is 10.4. The number of ether oxygens (including phenoxy) is 1. The summed E-state index contributed by atoms with van der Waals surface area (Å²) in [6.07, 6.45) is 4.32. The number of carbonyl (C=O) groups is 1. The van der Waals surface area contributed by atoms with Gasteiger partial charge in [0.05, 0.1) is 37.2 Å². The molecular weight excluding hydrogens is 316 g/mol. The molecule has 0 bridgehead atoms. The second-order valence-corrected chi connectivity index (χ2v) is 6.21. The number of nitrogens with one attached hydrogen (secondary N) is 1. The number of morpholine rings is 1. The molecule has 1 aromatic carbocycles. The highest BCUT2D eigenvalue weighted by Crippen LogP contribution is 2.13. The van der Waals surface area contributed by atoms with E-state index in [0.717, 1.165) is 31.9 Å². The van der Waals surface area contributed by atoms with Gasteiger partial charge >= 0.3 is 0 Å². The highest BCUT2D eigenvalue weighted by atomic mass is 16.5. The second-order valence-electron chi connectivity index (χ2n) is 6.21. The van der Waals surface area contributed by atoms with Crippen molar-refractivity contribution in [3.05, 3.63) is 54.1 Å². The zero-order valence-electron chi connectivity index (χ0n) is 14.5. The smallest absolute Gasteiger partial charge is 0.227 e. The minimum atomic E-state index is -0.0895. The number of nitrogens with zero attached hydrogens (tertiary/aromatic N) is 3. The van der Waals surface area contributed by atoms with Crippen molar-refractivity contribution < 1.29 is 9.53 Å². The Morgan fingerprint density at radius 3 is 2.76 bits per heavy atom. The number of aromatic nitrogens is 2. The average molecular weight is 340 g/mol. The molecule has 25 heavy (non-hydrogen) atoms. The molecule has 1 saturated heterocycles. The first-order chi connectivity index (χ1) is 12.2. The zero-order chi connectivity index (χ0) is 17.5. The fraction of sp³-hybridized carbons (Fsp3) is 0.421. The molecule has 1 aromatic heterocycles. The molecule has 0 radical (unpaired) electrons. The maximum Gasteiger partial charge on any atom is 0.227 e. The third-order valence-corrected chi connectivity index (χ3v) is 4.19. The van der Waals surface area contributed by atoms with Gasteiger partial charge in [0.1, 0.15) is 5.82 Å². The van der Waals surface area contributed by atoms with Gasteiger partial charge in [0.2, 0.25) is 5.91 Å². The van der Waals surface area contributed by atoms with Crippen molar-refractivity contribution in [2.45, 2.75) is 32.4 Å². The summed E-state index contributed by atoms with van der Waals surface area (Å²) in [6.45, 7) is 5.18. The predicted octanol–water partition coefficient (Wildman–Crippen LogP) is 2.27. The Bertz CT molecular complexity index is 676. The van der Waals surface area contributed by atoms with Crippen LogP contribution in [0, 0.1) is 0 Å². The number of anilines is 1. The summed E-state index contributed by atoms with van der Waals surface area (Å²) in [4.78, 5) is 22.9. The van der Waals surface area contributed by atoms with E-state index in [2.05, 4.69) is 32.3 Å². The van der Waals surface area contributed by atoms with E-state index >= 15 is 0 Å². The summed E-state index contributed by atoms with van der Waals surface area (Å²) in [5.74, 6) is 0.699. The van der Waals surface area contributed by atoms with Crippen LogP contribution in [0.5, 0.6) is 0 Å². The Hall–Kier alpha value is -2.31. The molecule has 3 rings (SSSR count). The van der Waals surface area contributed by atoms with E-state index in [0.29, 0.717) is 18.7 Å². The van der Waals surface area contributed by atoms with Gasteiger partial charge in [-0.1, -0.05) is 37.3 Å². The normalized spacial score (nSPS) is 18.0. The Morgan fingerprint density at radius 1 is 1.28 bits per heavy atom. The lowest BCUT2D eigenvalue weighted by Gasteiger charge is -2.32. The first-order valence-corrected chi connectivity index (χ1v) is 8.71. The fourth-order valence-electron chi connectivity index (χ4n) is 2.91. The van der Waals surface area contributed by atoms with Gasteiger partial charge in [0, 0.05) is 26.1 Å². The molecule has 0 spiro atoms. The van der Waals surface area contributed by atoms with Crippen LogP contribution in [0.1, 0.15) is 24.7 Å². The van der Waals surface area contributed by atoms with Gasteiger partial charge in [0.15, 0.2) is 0 Å². The third kappa shape index (κ3) is 5.34. The van der Waals surface area contributed by atoms with Crippen molar-refractivity contribution in [2.75, 3.05) is 25.0 Å². The van der Waals surface area contributed by atoms with E-state index in [1.165, 1.54) is 5.56 Å². The van der Waals surface area contributed by atoms with Crippen LogP contribution >= 0.6 is 0 Å². The van der Waals surface area contributed by atoms with Crippen LogP contribution in [0.4, 0.5) is 5.69 Å². The first kappa shape index (κ1) is 17.5. The van der Waals surface area contributed by atoms with Crippen LogP contribution in [0.15, 0.2) is 42.7 Å². The Balaban J connectivity index is 1.48. The van der Waals surface area contributed by atoms with Crippen molar-refractivity contribution in [3.63, 3.8) is 0 Å². The Kier molecular flexibility index (Phi) is 6.09. The third-order valence-electron chi connectivity index (χ3n) is 4.19. The van der Waals surface area contributed by atoms with Gasteiger partial charge in [-0.15, -0.1) is 0 Å². The minimum absolute atomic E-state index is 0.0700. The van der Waals surface area contributed by atoms with Crippen LogP contribution in [0.25, 0.3) is 0 Å². The van der Waals surface area contributed by atoms with Crippen molar-refractivity contribution in [2.24, 2.45) is 0 Å². The maximum atomic E-state index is 12.2. The molecule has 1 amide bonds. The van der Waals surface area contributed by atoms with Gasteiger partial charge in [-0.25, -0.2) is 9.97 Å². The minimum Gasteiger partial charge on any atom is -0.375 e. The molecule has 1 N–H and O–H groups in total. The second kappa shape index (κ2) is 8.69. The summed E-state index contributed by atoms with van der Waals surface area (Å²) >= 11 is 0. The number of rotatable bonds is 6. The monoisotopic (exact) mass is 340 g/mol. The van der Waals surface area contributed by atoms with Crippen LogP contribution < -0.4 is 5.32 Å². The quantitative estimate of drug-likeness (QED) is 0.874. The number of carbonyl (C=O) groups excluding carboxylic acids is 1. The zero-order valence-corrected chi connectivity index (χ0v) is 14.5. The van der Waals surface area contributed by atoms with Crippen LogP contribution in [0.3, 0.4) is 0 Å². The van der Waals surface area contributed by atoms with Crippen molar-refractivity contribution in [1.82, 2.24) is 14.9 Å². The van der Waals surface area contributed by atoms with Gasteiger partial charge in [-0.3, -0.25) is 9.69 Å². The lowest BCUT2D eigenvalue weighted by Crippen LogP contribution is -2.43. The number of hydrogen-bond acceptors (Lipinski definition) is 5. The highest BCUT2D eigenvalue weighted by molar-refractivity contribution is 5.90. The highest BCUT2D eigenvalue weighted by Gasteiger charge is 2.23. The van der Waals surface area contributed by atoms with Crippen LogP contribution in [-0.4, -0.2) is 46.6 Å². The largest absolute Gasteiger partial charge is 0.375 e. The van der Waals surface area contributed by atoms with E-state index in [1.807, 2.05) is 25.1 Å². The average Bonchev–Trinajstić information content (AvgIpc) is 2.63. The molecule has 132 valence electrons. The Morgan fingerprint density at radius 2 is 2.04 bits per heavy atom. The van der Waals surface area contributed by atoms with Crippen molar-refractivity contribution >= 4 is 11.6 Å². The number of amides is 1. The molecule has 1 fully saturated rings. The topological polar surface area (TPSA) is 67.4 Å². The molecule has 1 unspecified atom stereocenters. The number of hydrogen-bond donors (Lipinski definition) is 1. The predicted molar refractivity (Wildman–Crippen MR) is 96.1 cm³/mol. The van der Waals surface area contributed by atoms with E-state index in [9.17, 15) is 4.79 Å². The van der Waals surface area contributed by atoms with E-state index < -0.39 is 0 Å². The SMILES string of the molecule is CCc1ncc(NC(=O)CC2CN(Cc3ccccc3)CCO2)cn1. The summed E-state index contributed by atoms with van der Waals surface area (Å²) < 4.78 is 5.76. The standard InChI is InChI=1S/C19H24N4O2/c1-2-18-20-11-16(12-21-18)22-19(24)10-17-14-23(8-9-25-17)13-15-6-4-3-5-7-15/h3-7,11-12,17H,2,8-10,13-14H2,1H3,(H,22,24). The summed E-state index contributed by atoms with van der Waals surface area (Å²) in [5.41, 5.74) is 1.90. The van der Waals surface area contributed by atoms with Crippen molar-refractivity contribution in [1.29, 1.82) is 0 Å². The summed E-state index contributed by atoms with van der Waals surface area (Å²) in [5, 5.41) is 2.84. The molecule has 6 nitrogen and oxygen atoms in total. The van der Waals surface area contributed by atoms with Crippen LogP contribution in [-0.2, 0) is 22.5 Å². The van der Waals surface area contributed by atoms with Gasteiger partial charge < -0.3 is 10.1 Å². The molecule has 2 heterocycles. The number of benzene rings is 1. The lowest BCUT2D eigenvalue weighted by molar-refractivity contribution is -0.121. The Labute approximate surface area is 148 Å². The van der Waals surface area contributed by atoms with Crippen LogP contribution in [0.2, 0.25) is 0 Å². The van der Waals surface area contributed by atoms with E-state index in [-0.39, 0.29) is 12.0 Å².